The molecule has 4 aromatic rings. The molecule has 0 atom stereocenters. The van der Waals surface area contributed by atoms with E-state index in [1.54, 1.807) is 29.2 Å². The van der Waals surface area contributed by atoms with Gasteiger partial charge in [-0.15, -0.1) is 0 Å². The molecule has 3 heterocycles. The third kappa shape index (κ3) is 5.89. The lowest BCUT2D eigenvalue weighted by Gasteiger charge is -2.33. The molecule has 0 bridgehead atoms. The number of ether oxygens (including phenoxy) is 1. The first-order chi connectivity index (χ1) is 18.4. The molecule has 1 saturated heterocycles. The van der Waals surface area contributed by atoms with Gasteiger partial charge in [0.25, 0.3) is 0 Å². The van der Waals surface area contributed by atoms with Gasteiger partial charge in [0.1, 0.15) is 16.9 Å². The van der Waals surface area contributed by atoms with Crippen molar-refractivity contribution in [3.8, 4) is 11.4 Å². The van der Waals surface area contributed by atoms with Gasteiger partial charge in [0.15, 0.2) is 15.0 Å². The fourth-order valence-electron chi connectivity index (χ4n) is 5.13. The normalized spacial score (nSPS) is 15.3. The third-order valence-corrected chi connectivity index (χ3v) is 8.50. The molecule has 5 rings (SSSR count). The maximum atomic E-state index is 12.5. The Bertz CT molecular complexity index is 1630. The van der Waals surface area contributed by atoms with E-state index in [1.165, 1.54) is 6.26 Å². The molecule has 2 aromatic heterocycles. The van der Waals surface area contributed by atoms with Gasteiger partial charge >= 0.3 is 6.09 Å². The number of sulfone groups is 1. The molecule has 2 aromatic carbocycles. The highest BCUT2D eigenvalue weighted by molar-refractivity contribution is 7.90. The van der Waals surface area contributed by atoms with Crippen molar-refractivity contribution in [3.05, 3.63) is 53.7 Å². The van der Waals surface area contributed by atoms with Crippen LogP contribution in [0.2, 0.25) is 5.15 Å². The molecular weight excluding hydrogens is 536 g/mol. The minimum atomic E-state index is -3.31. The zero-order chi connectivity index (χ0) is 27.9. The van der Waals surface area contributed by atoms with Gasteiger partial charge in [-0.05, 0) is 76.3 Å². The van der Waals surface area contributed by atoms with Crippen molar-refractivity contribution >= 4 is 49.5 Å². The van der Waals surface area contributed by atoms with E-state index in [-0.39, 0.29) is 11.0 Å². The van der Waals surface area contributed by atoms with E-state index in [0.29, 0.717) is 36.2 Å². The summed E-state index contributed by atoms with van der Waals surface area (Å²) in [5.41, 5.74) is 2.63. The summed E-state index contributed by atoms with van der Waals surface area (Å²) in [6, 6.07) is 14.7. The summed E-state index contributed by atoms with van der Waals surface area (Å²) in [5, 5.41) is 1.30. The number of likely N-dealkylation sites (tertiary alicyclic amines) is 1. The van der Waals surface area contributed by atoms with Crippen LogP contribution in [0.25, 0.3) is 33.3 Å². The molecule has 0 spiro atoms. The summed E-state index contributed by atoms with van der Waals surface area (Å²) in [6.45, 7) is 7.67. The molecule has 0 saturated carbocycles. The second-order valence-electron chi connectivity index (χ2n) is 11.2. The van der Waals surface area contributed by atoms with E-state index in [0.717, 1.165) is 47.1 Å². The molecule has 1 fully saturated rings. The van der Waals surface area contributed by atoms with Gasteiger partial charge < -0.3 is 14.2 Å². The molecule has 1 amide bonds. The molecule has 1 aliphatic heterocycles. The number of para-hydroxylation sites is 1. The number of halogens is 1. The van der Waals surface area contributed by atoms with Gasteiger partial charge in [-0.3, -0.25) is 0 Å². The first kappa shape index (κ1) is 27.4. The first-order valence-corrected chi connectivity index (χ1v) is 15.4. The number of hydrogen-bond donors (Lipinski definition) is 0. The van der Waals surface area contributed by atoms with Crippen LogP contribution in [0, 0.1) is 5.92 Å². The number of hydrogen-bond acceptors (Lipinski definition) is 6. The predicted octanol–water partition coefficient (Wildman–Crippen LogP) is 6.35. The molecule has 8 nitrogen and oxygen atoms in total. The van der Waals surface area contributed by atoms with Crippen LogP contribution in [-0.2, 0) is 21.1 Å². The quantitative estimate of drug-likeness (QED) is 0.260. The molecule has 1 aliphatic rings. The number of aromatic nitrogens is 3. The SMILES string of the molecule is CC(C)(C)OC(=O)N1CCC(CCn2c(-c3ccc(S(C)(=O)=O)cc3)nc3c(Cl)nc4ccccc4c32)CC1. The lowest BCUT2D eigenvalue weighted by molar-refractivity contribution is 0.0180. The summed E-state index contributed by atoms with van der Waals surface area (Å²) < 4.78 is 31.7. The molecule has 0 N–H and O–H groups in total. The highest BCUT2D eigenvalue weighted by atomic mass is 35.5. The number of amides is 1. The maximum Gasteiger partial charge on any atom is 0.410 e. The van der Waals surface area contributed by atoms with Gasteiger partial charge in [-0.2, -0.15) is 0 Å². The van der Waals surface area contributed by atoms with Crippen molar-refractivity contribution in [1.82, 2.24) is 19.4 Å². The molecule has 0 radical (unpaired) electrons. The summed E-state index contributed by atoms with van der Waals surface area (Å²) in [6.07, 6.45) is 3.63. The number of rotatable bonds is 5. The Labute approximate surface area is 233 Å². The van der Waals surface area contributed by atoms with Crippen molar-refractivity contribution in [2.45, 2.75) is 57.1 Å². The summed E-state index contributed by atoms with van der Waals surface area (Å²) >= 11 is 6.62. The molecule has 206 valence electrons. The number of nitrogens with zero attached hydrogens (tertiary/aromatic N) is 4. The highest BCUT2D eigenvalue weighted by Crippen LogP contribution is 2.35. The summed E-state index contributed by atoms with van der Waals surface area (Å²) in [5.74, 6) is 1.15. The van der Waals surface area contributed by atoms with Crippen molar-refractivity contribution in [3.63, 3.8) is 0 Å². The number of piperidine rings is 1. The van der Waals surface area contributed by atoms with Crippen molar-refractivity contribution < 1.29 is 17.9 Å². The van der Waals surface area contributed by atoms with Gasteiger partial charge in [0.2, 0.25) is 0 Å². The number of imidazole rings is 1. The van der Waals surface area contributed by atoms with E-state index >= 15 is 0 Å². The lowest BCUT2D eigenvalue weighted by atomic mass is 9.93. The monoisotopic (exact) mass is 568 g/mol. The fraction of sp³-hybridized carbons (Fsp3) is 0.414. The van der Waals surface area contributed by atoms with E-state index in [1.807, 2.05) is 45.0 Å². The molecular formula is C29H33ClN4O4S. The smallest absolute Gasteiger partial charge is 0.410 e. The van der Waals surface area contributed by atoms with E-state index in [2.05, 4.69) is 9.55 Å². The minimum absolute atomic E-state index is 0.255. The van der Waals surface area contributed by atoms with E-state index in [9.17, 15) is 13.2 Å². The Morgan fingerprint density at radius 1 is 1.05 bits per heavy atom. The Hall–Kier alpha value is -3.17. The second-order valence-corrected chi connectivity index (χ2v) is 13.6. The largest absolute Gasteiger partial charge is 0.444 e. The first-order valence-electron chi connectivity index (χ1n) is 13.1. The van der Waals surface area contributed by atoms with Crippen LogP contribution in [-0.4, -0.2) is 58.9 Å². The minimum Gasteiger partial charge on any atom is -0.444 e. The van der Waals surface area contributed by atoms with Crippen LogP contribution in [0.3, 0.4) is 0 Å². The third-order valence-electron chi connectivity index (χ3n) is 7.11. The standard InChI is InChI=1S/C29H33ClN4O4S/c1-29(2,3)38-28(35)33-16-13-19(14-17-33)15-18-34-25-22-7-5-6-8-23(22)31-26(30)24(25)32-27(34)20-9-11-21(12-10-20)39(4,36)37/h5-12,19H,13-18H2,1-4H3. The average Bonchev–Trinajstić information content (AvgIpc) is 3.27. The summed E-state index contributed by atoms with van der Waals surface area (Å²) in [4.78, 5) is 24.0. The molecule has 0 unspecified atom stereocenters. The van der Waals surface area contributed by atoms with Crippen molar-refractivity contribution in [1.29, 1.82) is 0 Å². The number of carbonyl (C=O) groups excluding carboxylic acids is 1. The Balaban J connectivity index is 1.46. The zero-order valence-electron chi connectivity index (χ0n) is 22.6. The predicted molar refractivity (Wildman–Crippen MR) is 154 cm³/mol. The van der Waals surface area contributed by atoms with Gasteiger partial charge in [0, 0.05) is 36.8 Å². The van der Waals surface area contributed by atoms with Crippen LogP contribution in [0.4, 0.5) is 4.79 Å². The average molecular weight is 569 g/mol. The molecule has 39 heavy (non-hydrogen) atoms. The molecule has 10 heteroatoms. The van der Waals surface area contributed by atoms with E-state index < -0.39 is 15.4 Å². The Morgan fingerprint density at radius 3 is 2.36 bits per heavy atom. The van der Waals surface area contributed by atoms with Crippen LogP contribution >= 0.6 is 11.6 Å². The summed E-state index contributed by atoms with van der Waals surface area (Å²) in [7, 11) is -3.31. The molecule has 0 aliphatic carbocycles. The van der Waals surface area contributed by atoms with Crippen LogP contribution in [0.1, 0.15) is 40.0 Å². The Morgan fingerprint density at radius 2 is 1.72 bits per heavy atom. The van der Waals surface area contributed by atoms with Crippen LogP contribution < -0.4 is 0 Å². The number of aryl methyl sites for hydroxylation is 1. The highest BCUT2D eigenvalue weighted by Gasteiger charge is 2.27. The Kier molecular flexibility index (Phi) is 7.33. The van der Waals surface area contributed by atoms with Crippen LogP contribution in [0.5, 0.6) is 0 Å². The van der Waals surface area contributed by atoms with Gasteiger partial charge in [-0.25, -0.2) is 23.2 Å². The fourth-order valence-corrected chi connectivity index (χ4v) is 5.98. The number of benzene rings is 2. The number of pyridine rings is 1. The topological polar surface area (TPSA) is 94.4 Å². The number of fused-ring (bicyclic) bond motifs is 3. The van der Waals surface area contributed by atoms with Crippen molar-refractivity contribution in [2.24, 2.45) is 5.92 Å². The van der Waals surface area contributed by atoms with Crippen molar-refractivity contribution in [2.75, 3.05) is 19.3 Å². The zero-order valence-corrected chi connectivity index (χ0v) is 24.2. The second kappa shape index (κ2) is 10.4. The van der Waals surface area contributed by atoms with Gasteiger partial charge in [0.05, 0.1) is 15.9 Å². The lowest BCUT2D eigenvalue weighted by Crippen LogP contribution is -2.41. The van der Waals surface area contributed by atoms with Crippen LogP contribution in [0.15, 0.2) is 53.4 Å². The van der Waals surface area contributed by atoms with E-state index in [4.69, 9.17) is 21.3 Å². The number of carbonyl (C=O) groups is 1. The maximum absolute atomic E-state index is 12.5. The van der Waals surface area contributed by atoms with Gasteiger partial charge in [-0.1, -0.05) is 29.8 Å².